The van der Waals surface area contributed by atoms with Gasteiger partial charge in [-0.15, -0.1) is 0 Å². The highest BCUT2D eigenvalue weighted by Gasteiger charge is 2.11. The largest absolute Gasteiger partial charge is 0.508 e. The van der Waals surface area contributed by atoms with Crippen LogP contribution >= 0.6 is 0 Å². The first-order chi connectivity index (χ1) is 6.19. The number of benzene rings is 1. The van der Waals surface area contributed by atoms with E-state index in [-0.39, 0.29) is 17.5 Å². The molecular formula is C11H15FO. The minimum atomic E-state index is -0.297. The minimum absolute atomic E-state index is 0.00722. The van der Waals surface area contributed by atoms with E-state index in [0.717, 1.165) is 12.8 Å². The second-order valence-corrected chi connectivity index (χ2v) is 3.22. The van der Waals surface area contributed by atoms with Gasteiger partial charge in [-0.05, 0) is 30.4 Å². The molecule has 72 valence electrons. The molecule has 1 rings (SSSR count). The van der Waals surface area contributed by atoms with Gasteiger partial charge in [0, 0.05) is 6.07 Å². The first-order valence-electron chi connectivity index (χ1n) is 4.67. The van der Waals surface area contributed by atoms with Crippen LogP contribution in [0.4, 0.5) is 4.39 Å². The number of phenolic OH excluding ortho intramolecular Hbond substituents is 1. The van der Waals surface area contributed by atoms with Crippen LogP contribution in [0.2, 0.25) is 0 Å². The number of hydrogen-bond donors (Lipinski definition) is 1. The number of aromatic hydroxyl groups is 1. The van der Waals surface area contributed by atoms with E-state index in [1.807, 2.05) is 13.8 Å². The maximum absolute atomic E-state index is 13.3. The molecule has 0 saturated heterocycles. The molecule has 0 bridgehead atoms. The molecule has 0 saturated carbocycles. The average molecular weight is 182 g/mol. The molecule has 1 aromatic rings. The third-order valence-corrected chi connectivity index (χ3v) is 2.41. The van der Waals surface area contributed by atoms with Gasteiger partial charge in [0.05, 0.1) is 0 Å². The molecule has 0 aliphatic heterocycles. The lowest BCUT2D eigenvalue weighted by Gasteiger charge is -2.13. The summed E-state index contributed by atoms with van der Waals surface area (Å²) in [6, 6.07) is 4.38. The normalized spacial score (nSPS) is 10.8. The summed E-state index contributed by atoms with van der Waals surface area (Å²) < 4.78 is 13.3. The molecule has 0 atom stereocenters. The summed E-state index contributed by atoms with van der Waals surface area (Å²) >= 11 is 0. The van der Waals surface area contributed by atoms with E-state index in [4.69, 9.17) is 5.11 Å². The second-order valence-electron chi connectivity index (χ2n) is 3.22. The Bertz CT molecular complexity index is 279. The maximum Gasteiger partial charge on any atom is 0.130 e. The molecule has 0 amide bonds. The van der Waals surface area contributed by atoms with Gasteiger partial charge < -0.3 is 5.11 Å². The Morgan fingerprint density at radius 1 is 1.31 bits per heavy atom. The van der Waals surface area contributed by atoms with Gasteiger partial charge in [0.1, 0.15) is 11.6 Å². The van der Waals surface area contributed by atoms with Crippen molar-refractivity contribution in [2.45, 2.75) is 32.6 Å². The van der Waals surface area contributed by atoms with Gasteiger partial charge in [-0.1, -0.05) is 19.9 Å². The van der Waals surface area contributed by atoms with E-state index in [1.54, 1.807) is 6.07 Å². The Balaban J connectivity index is 2.99. The van der Waals surface area contributed by atoms with Gasteiger partial charge in [0.2, 0.25) is 0 Å². The van der Waals surface area contributed by atoms with Crippen LogP contribution in [0, 0.1) is 5.82 Å². The van der Waals surface area contributed by atoms with Crippen LogP contribution in [0.25, 0.3) is 0 Å². The highest BCUT2D eigenvalue weighted by atomic mass is 19.1. The lowest BCUT2D eigenvalue weighted by molar-refractivity contribution is 0.465. The topological polar surface area (TPSA) is 20.2 Å². The van der Waals surface area contributed by atoms with Crippen molar-refractivity contribution >= 4 is 0 Å². The predicted octanol–water partition coefficient (Wildman–Crippen LogP) is 3.43. The molecule has 2 heteroatoms. The summed E-state index contributed by atoms with van der Waals surface area (Å²) in [6.07, 6.45) is 1.86. The Labute approximate surface area is 78.2 Å². The Hall–Kier alpha value is -1.05. The number of phenols is 1. The summed E-state index contributed by atoms with van der Waals surface area (Å²) in [5, 5.41) is 9.02. The van der Waals surface area contributed by atoms with Gasteiger partial charge >= 0.3 is 0 Å². The fraction of sp³-hybridized carbons (Fsp3) is 0.455. The SMILES string of the molecule is CCC(CC)c1ccc(O)cc1F. The molecule has 0 heterocycles. The molecule has 0 unspecified atom stereocenters. The predicted molar refractivity (Wildman–Crippen MR) is 51.4 cm³/mol. The highest BCUT2D eigenvalue weighted by molar-refractivity contribution is 5.29. The molecule has 0 aliphatic carbocycles. The van der Waals surface area contributed by atoms with E-state index in [0.29, 0.717) is 5.56 Å². The molecule has 0 radical (unpaired) electrons. The quantitative estimate of drug-likeness (QED) is 0.759. The van der Waals surface area contributed by atoms with Crippen molar-refractivity contribution in [1.29, 1.82) is 0 Å². The summed E-state index contributed by atoms with van der Waals surface area (Å²) in [7, 11) is 0. The van der Waals surface area contributed by atoms with Gasteiger partial charge in [0.25, 0.3) is 0 Å². The van der Waals surface area contributed by atoms with Crippen molar-refractivity contribution in [3.05, 3.63) is 29.6 Å². The summed E-state index contributed by atoms with van der Waals surface area (Å²) in [6.45, 7) is 4.08. The van der Waals surface area contributed by atoms with Gasteiger partial charge in [-0.2, -0.15) is 0 Å². The van der Waals surface area contributed by atoms with Gasteiger partial charge in [-0.25, -0.2) is 4.39 Å². The van der Waals surface area contributed by atoms with E-state index < -0.39 is 0 Å². The van der Waals surface area contributed by atoms with E-state index in [1.165, 1.54) is 12.1 Å². The molecule has 0 aromatic heterocycles. The molecule has 0 spiro atoms. The Morgan fingerprint density at radius 2 is 1.92 bits per heavy atom. The Kier molecular flexibility index (Phi) is 3.29. The molecule has 1 aromatic carbocycles. The summed E-state index contributed by atoms with van der Waals surface area (Å²) in [5.74, 6) is -0.0403. The lowest BCUT2D eigenvalue weighted by Crippen LogP contribution is -1.98. The van der Waals surface area contributed by atoms with E-state index >= 15 is 0 Å². The van der Waals surface area contributed by atoms with E-state index in [9.17, 15) is 4.39 Å². The van der Waals surface area contributed by atoms with Crippen LogP contribution in [0.3, 0.4) is 0 Å². The van der Waals surface area contributed by atoms with E-state index in [2.05, 4.69) is 0 Å². The second kappa shape index (κ2) is 4.26. The molecule has 0 aliphatic rings. The van der Waals surface area contributed by atoms with Crippen LogP contribution in [0.5, 0.6) is 5.75 Å². The molecule has 1 nitrogen and oxygen atoms in total. The number of hydrogen-bond acceptors (Lipinski definition) is 1. The highest BCUT2D eigenvalue weighted by Crippen LogP contribution is 2.27. The summed E-state index contributed by atoms with van der Waals surface area (Å²) in [5.41, 5.74) is 0.711. The third-order valence-electron chi connectivity index (χ3n) is 2.41. The molecule has 13 heavy (non-hydrogen) atoms. The van der Waals surface area contributed by atoms with Crippen molar-refractivity contribution < 1.29 is 9.50 Å². The maximum atomic E-state index is 13.3. The molecular weight excluding hydrogens is 167 g/mol. The van der Waals surface area contributed by atoms with Crippen LogP contribution < -0.4 is 0 Å². The van der Waals surface area contributed by atoms with Crippen LogP contribution in [-0.4, -0.2) is 5.11 Å². The first kappa shape index (κ1) is 10.0. The first-order valence-corrected chi connectivity index (χ1v) is 4.67. The molecule has 1 N–H and O–H groups in total. The van der Waals surface area contributed by atoms with Crippen molar-refractivity contribution in [3.8, 4) is 5.75 Å². The van der Waals surface area contributed by atoms with Crippen molar-refractivity contribution in [1.82, 2.24) is 0 Å². The smallest absolute Gasteiger partial charge is 0.130 e. The Morgan fingerprint density at radius 3 is 2.38 bits per heavy atom. The minimum Gasteiger partial charge on any atom is -0.508 e. The summed E-state index contributed by atoms with van der Waals surface area (Å²) in [4.78, 5) is 0. The van der Waals surface area contributed by atoms with Gasteiger partial charge in [0.15, 0.2) is 0 Å². The van der Waals surface area contributed by atoms with Crippen molar-refractivity contribution in [2.24, 2.45) is 0 Å². The van der Waals surface area contributed by atoms with Crippen LogP contribution in [0.1, 0.15) is 38.2 Å². The standard InChI is InChI=1S/C11H15FO/c1-3-8(4-2)10-6-5-9(13)7-11(10)12/h5-8,13H,3-4H2,1-2H3. The zero-order valence-electron chi connectivity index (χ0n) is 8.05. The fourth-order valence-electron chi connectivity index (χ4n) is 1.58. The zero-order valence-corrected chi connectivity index (χ0v) is 8.05. The zero-order chi connectivity index (χ0) is 9.84. The average Bonchev–Trinajstić information content (AvgIpc) is 2.10. The van der Waals surface area contributed by atoms with Crippen molar-refractivity contribution in [3.63, 3.8) is 0 Å². The number of halogens is 1. The number of rotatable bonds is 3. The monoisotopic (exact) mass is 182 g/mol. The van der Waals surface area contributed by atoms with Gasteiger partial charge in [-0.3, -0.25) is 0 Å². The van der Waals surface area contributed by atoms with Crippen LogP contribution in [0.15, 0.2) is 18.2 Å². The van der Waals surface area contributed by atoms with Crippen LogP contribution in [-0.2, 0) is 0 Å². The van der Waals surface area contributed by atoms with Crippen molar-refractivity contribution in [2.75, 3.05) is 0 Å². The molecule has 0 fully saturated rings. The third kappa shape index (κ3) is 2.20. The lowest BCUT2D eigenvalue weighted by atomic mass is 9.93. The fourth-order valence-corrected chi connectivity index (χ4v) is 1.58.